The number of furan rings is 1. The minimum Gasteiger partial charge on any atom is -0.469 e. The van der Waals surface area contributed by atoms with Gasteiger partial charge in [0.25, 0.3) is 11.8 Å². The SMILES string of the molecule is C.CC.CC.CC(C)(C)c1ccco1.CC(C)(C)n1cccc1.CC(C)N1Cc2ccccc2C1=O.CC(C)N1Cc2ncccc2C1=O. The Morgan fingerprint density at radius 3 is 1.59 bits per heavy atom. The van der Waals surface area contributed by atoms with Crippen LogP contribution in [0.25, 0.3) is 0 Å². The minimum atomic E-state index is 0. The van der Waals surface area contributed by atoms with E-state index in [1.165, 1.54) is 0 Å². The summed E-state index contributed by atoms with van der Waals surface area (Å²) in [4.78, 5) is 31.4. The van der Waals surface area contributed by atoms with Crippen molar-refractivity contribution in [3.8, 4) is 0 Å². The van der Waals surface area contributed by atoms with E-state index in [0.29, 0.717) is 12.6 Å². The van der Waals surface area contributed by atoms with Crippen molar-refractivity contribution in [1.29, 1.82) is 0 Å². The van der Waals surface area contributed by atoms with Crippen LogP contribution < -0.4 is 0 Å². The third-order valence-corrected chi connectivity index (χ3v) is 7.44. The van der Waals surface area contributed by atoms with E-state index in [2.05, 4.69) is 63.5 Å². The molecule has 6 rings (SSSR count). The van der Waals surface area contributed by atoms with Gasteiger partial charge in [0.15, 0.2) is 0 Å². The van der Waals surface area contributed by atoms with Gasteiger partial charge in [0.1, 0.15) is 5.76 Å². The Morgan fingerprint density at radius 2 is 1.18 bits per heavy atom. The number of hydrogen-bond acceptors (Lipinski definition) is 4. The van der Waals surface area contributed by atoms with E-state index in [1.807, 2.05) is 120 Å². The first-order valence-electron chi connectivity index (χ1n) is 17.4. The highest BCUT2D eigenvalue weighted by Gasteiger charge is 2.30. The Morgan fingerprint density at radius 1 is 0.673 bits per heavy atom. The van der Waals surface area contributed by atoms with E-state index in [4.69, 9.17) is 4.42 Å². The summed E-state index contributed by atoms with van der Waals surface area (Å²) >= 11 is 0. The second-order valence-electron chi connectivity index (χ2n) is 13.7. The van der Waals surface area contributed by atoms with Gasteiger partial charge in [-0.3, -0.25) is 14.6 Å². The molecule has 1 aromatic carbocycles. The van der Waals surface area contributed by atoms with Crippen LogP contribution in [0.1, 0.15) is 142 Å². The van der Waals surface area contributed by atoms with Crippen molar-refractivity contribution in [2.24, 2.45) is 0 Å². The first-order chi connectivity index (χ1) is 22.6. The molecule has 0 aliphatic carbocycles. The second-order valence-corrected chi connectivity index (χ2v) is 13.7. The van der Waals surface area contributed by atoms with Gasteiger partial charge in [-0.2, -0.15) is 0 Å². The van der Waals surface area contributed by atoms with Gasteiger partial charge >= 0.3 is 0 Å². The van der Waals surface area contributed by atoms with Crippen LogP contribution in [0.3, 0.4) is 0 Å². The average Bonchev–Trinajstić information content (AvgIpc) is 3.88. The van der Waals surface area contributed by atoms with Crippen LogP contribution >= 0.6 is 0 Å². The van der Waals surface area contributed by atoms with Crippen LogP contribution in [-0.4, -0.2) is 43.2 Å². The van der Waals surface area contributed by atoms with Gasteiger partial charge in [-0.25, -0.2) is 0 Å². The zero-order valence-electron chi connectivity index (χ0n) is 32.2. The lowest BCUT2D eigenvalue weighted by atomic mass is 9.94. The van der Waals surface area contributed by atoms with E-state index >= 15 is 0 Å². The molecule has 49 heavy (non-hydrogen) atoms. The zero-order valence-corrected chi connectivity index (χ0v) is 32.2. The molecule has 5 heterocycles. The van der Waals surface area contributed by atoms with Crippen LogP contribution in [0, 0.1) is 0 Å². The normalized spacial score (nSPS) is 12.7. The van der Waals surface area contributed by atoms with Crippen molar-refractivity contribution in [2.75, 3.05) is 0 Å². The summed E-state index contributed by atoms with van der Waals surface area (Å²) in [5.41, 5.74) is 4.09. The van der Waals surface area contributed by atoms with Gasteiger partial charge in [0.2, 0.25) is 0 Å². The maximum absolute atomic E-state index is 11.8. The molecule has 0 atom stereocenters. The number of nitrogens with zero attached hydrogens (tertiary/aromatic N) is 4. The number of hydrogen-bond donors (Lipinski definition) is 0. The smallest absolute Gasteiger partial charge is 0.256 e. The Hall–Kier alpha value is -4.13. The molecule has 0 saturated heterocycles. The Bertz CT molecular complexity index is 1360. The molecular weight excluding hydrogens is 608 g/mol. The lowest BCUT2D eigenvalue weighted by Crippen LogP contribution is -2.30. The fourth-order valence-electron chi connectivity index (χ4n) is 4.74. The maximum atomic E-state index is 11.8. The van der Waals surface area contributed by atoms with Crippen molar-refractivity contribution in [1.82, 2.24) is 19.4 Å². The topological polar surface area (TPSA) is 71.6 Å². The number of carbonyl (C=O) groups is 2. The van der Waals surface area contributed by atoms with E-state index in [9.17, 15) is 9.59 Å². The summed E-state index contributed by atoms with van der Waals surface area (Å²) in [6.07, 6.45) is 7.61. The molecule has 0 N–H and O–H groups in total. The number of aromatic nitrogens is 2. The second kappa shape index (κ2) is 21.1. The number of fused-ring (bicyclic) bond motifs is 2. The largest absolute Gasteiger partial charge is 0.469 e. The number of carbonyl (C=O) groups excluding carboxylic acids is 2. The highest BCUT2D eigenvalue weighted by atomic mass is 16.3. The first-order valence-corrected chi connectivity index (χ1v) is 17.4. The molecule has 0 spiro atoms. The molecule has 0 fully saturated rings. The molecule has 0 bridgehead atoms. The molecule has 0 radical (unpaired) electrons. The van der Waals surface area contributed by atoms with Crippen LogP contribution in [0.15, 0.2) is 89.9 Å². The predicted octanol–water partition coefficient (Wildman–Crippen LogP) is 11.0. The number of pyridine rings is 1. The highest BCUT2D eigenvalue weighted by Crippen LogP contribution is 2.24. The third-order valence-electron chi connectivity index (χ3n) is 7.44. The molecule has 7 nitrogen and oxygen atoms in total. The summed E-state index contributed by atoms with van der Waals surface area (Å²) in [6, 6.07) is 20.0. The molecular formula is C42H66N4O3. The maximum Gasteiger partial charge on any atom is 0.256 e. The van der Waals surface area contributed by atoms with Crippen LogP contribution in [0.5, 0.6) is 0 Å². The van der Waals surface area contributed by atoms with Crippen molar-refractivity contribution in [3.05, 3.63) is 114 Å². The molecule has 3 aromatic heterocycles. The van der Waals surface area contributed by atoms with Gasteiger partial charge in [-0.05, 0) is 96.5 Å². The minimum absolute atomic E-state index is 0. The molecule has 272 valence electrons. The molecule has 2 amide bonds. The molecule has 2 aliphatic rings. The van der Waals surface area contributed by atoms with Crippen molar-refractivity contribution < 1.29 is 14.0 Å². The third kappa shape index (κ3) is 13.4. The quantitative estimate of drug-likeness (QED) is 0.212. The summed E-state index contributed by atoms with van der Waals surface area (Å²) in [6.45, 7) is 30.5. The average molecular weight is 675 g/mol. The standard InChI is InChI=1S/C11H13NO.C10H12N2O.C8H13N.C8H12O.2C2H6.CH4/c1-8(2)12-7-9-5-3-4-6-10(9)11(12)13;1-7(2)12-6-9-8(10(12)13)4-3-5-11-9;1-8(2,3)9-6-4-5-7-9;1-8(2,3)7-5-4-6-9-7;2*1-2;/h3-6,8H,7H2,1-2H3;3-5,7H,6H2,1-2H3;4-7H,1-3H3;4-6H,1-3H3;2*1-2H3;1H4. The molecule has 0 saturated carbocycles. The Kier molecular flexibility index (Phi) is 19.3. The predicted molar refractivity (Wildman–Crippen MR) is 207 cm³/mol. The summed E-state index contributed by atoms with van der Waals surface area (Å²) in [5, 5.41) is 0. The van der Waals surface area contributed by atoms with Crippen molar-refractivity contribution >= 4 is 11.8 Å². The zero-order chi connectivity index (χ0) is 36.7. The number of rotatable bonds is 2. The lowest BCUT2D eigenvalue weighted by Gasteiger charge is -2.20. The fourth-order valence-corrected chi connectivity index (χ4v) is 4.74. The monoisotopic (exact) mass is 675 g/mol. The summed E-state index contributed by atoms with van der Waals surface area (Å²) in [7, 11) is 0. The van der Waals surface area contributed by atoms with Gasteiger partial charge in [-0.15, -0.1) is 0 Å². The van der Waals surface area contributed by atoms with Crippen molar-refractivity contribution in [2.45, 2.75) is 140 Å². The number of benzene rings is 1. The van der Waals surface area contributed by atoms with E-state index < -0.39 is 0 Å². The molecule has 7 heteroatoms. The van der Waals surface area contributed by atoms with Crippen LogP contribution in [0.4, 0.5) is 0 Å². The summed E-state index contributed by atoms with van der Waals surface area (Å²) < 4.78 is 7.39. The van der Waals surface area contributed by atoms with E-state index in [-0.39, 0.29) is 36.2 Å². The van der Waals surface area contributed by atoms with Crippen LogP contribution in [0.2, 0.25) is 0 Å². The van der Waals surface area contributed by atoms with Gasteiger partial charge < -0.3 is 18.8 Å². The number of amides is 2. The summed E-state index contributed by atoms with van der Waals surface area (Å²) in [5.74, 6) is 1.33. The van der Waals surface area contributed by atoms with Gasteiger partial charge in [0.05, 0.1) is 24.1 Å². The van der Waals surface area contributed by atoms with Crippen molar-refractivity contribution in [3.63, 3.8) is 0 Å². The molecule has 2 aliphatic heterocycles. The van der Waals surface area contributed by atoms with E-state index in [0.717, 1.165) is 34.7 Å². The van der Waals surface area contributed by atoms with Gasteiger partial charge in [-0.1, -0.05) is 74.1 Å². The van der Waals surface area contributed by atoms with E-state index in [1.54, 1.807) is 18.5 Å². The lowest BCUT2D eigenvalue weighted by molar-refractivity contribution is 0.0722. The molecule has 0 unspecified atom stereocenters. The fraction of sp³-hybridized carbons (Fsp3) is 0.500. The van der Waals surface area contributed by atoms with Gasteiger partial charge in [0, 0.05) is 53.7 Å². The Balaban J connectivity index is 0.000000610. The first kappa shape index (κ1) is 44.9. The highest BCUT2D eigenvalue weighted by molar-refractivity contribution is 5.98. The molecule has 4 aromatic rings. The Labute approximate surface area is 298 Å². The van der Waals surface area contributed by atoms with Crippen LogP contribution in [-0.2, 0) is 24.0 Å².